The van der Waals surface area contributed by atoms with Crippen molar-refractivity contribution in [2.75, 3.05) is 6.61 Å². The molecule has 0 aliphatic carbocycles. The second-order valence-corrected chi connectivity index (χ2v) is 15.2. The van der Waals surface area contributed by atoms with Gasteiger partial charge in [0.2, 0.25) is 5.91 Å². The van der Waals surface area contributed by atoms with E-state index in [2.05, 4.69) is 55.6 Å². The minimum absolute atomic E-state index is 0.386. The molecule has 3 atom stereocenters. The number of hydrogen-bond acceptors (Lipinski definition) is 4. The van der Waals surface area contributed by atoms with Gasteiger partial charge in [0, 0.05) is 0 Å². The van der Waals surface area contributed by atoms with Gasteiger partial charge in [-0.05, 0) is 70.6 Å². The van der Waals surface area contributed by atoms with Gasteiger partial charge in [0.05, 0.1) is 18.8 Å². The number of hydrogen-bond donors (Lipinski definition) is 4. The summed E-state index contributed by atoms with van der Waals surface area (Å²) in [5, 5.41) is 33.1. The first-order valence-electron chi connectivity index (χ1n) is 22.5. The van der Waals surface area contributed by atoms with Gasteiger partial charge < -0.3 is 20.6 Å². The van der Waals surface area contributed by atoms with E-state index in [-0.39, 0.29) is 6.61 Å². The molecule has 0 bridgehead atoms. The smallest absolute Gasteiger partial charge is 0.249 e. The fourth-order valence-electron chi connectivity index (χ4n) is 6.56. The van der Waals surface area contributed by atoms with Crippen molar-refractivity contribution in [2.24, 2.45) is 0 Å². The van der Waals surface area contributed by atoms with Crippen LogP contribution in [0, 0.1) is 0 Å². The minimum atomic E-state index is -1.12. The lowest BCUT2D eigenvalue weighted by Gasteiger charge is -2.21. The maximum atomic E-state index is 12.5. The summed E-state index contributed by atoms with van der Waals surface area (Å²) in [5.74, 6) is -0.526. The van der Waals surface area contributed by atoms with Gasteiger partial charge in [-0.3, -0.25) is 4.79 Å². The lowest BCUT2D eigenvalue weighted by Crippen LogP contribution is -2.48. The molecule has 5 nitrogen and oxygen atoms in total. The first kappa shape index (κ1) is 50.3. The van der Waals surface area contributed by atoms with Gasteiger partial charge in [-0.15, -0.1) is 0 Å². The van der Waals surface area contributed by atoms with Crippen LogP contribution in [0.5, 0.6) is 0 Å². The van der Waals surface area contributed by atoms with Crippen molar-refractivity contribution >= 4 is 5.91 Å². The molecule has 0 saturated heterocycles. The molecule has 0 aliphatic rings. The van der Waals surface area contributed by atoms with E-state index < -0.39 is 24.2 Å². The average molecular weight is 730 g/mol. The third-order valence-electron chi connectivity index (χ3n) is 10.1. The van der Waals surface area contributed by atoms with Crippen LogP contribution in [0.3, 0.4) is 0 Å². The van der Waals surface area contributed by atoms with Crippen LogP contribution in [0.4, 0.5) is 0 Å². The molecule has 0 aromatic rings. The van der Waals surface area contributed by atoms with Gasteiger partial charge in [0.25, 0.3) is 0 Å². The first-order chi connectivity index (χ1) is 25.6. The van der Waals surface area contributed by atoms with Gasteiger partial charge in [0.1, 0.15) is 6.10 Å². The van der Waals surface area contributed by atoms with Crippen molar-refractivity contribution < 1.29 is 20.1 Å². The topological polar surface area (TPSA) is 89.8 Å². The number of carbonyl (C=O) groups excluding carboxylic acids is 1. The number of aliphatic hydroxyl groups excluding tert-OH is 3. The Morgan fingerprint density at radius 2 is 0.788 bits per heavy atom. The van der Waals surface area contributed by atoms with Gasteiger partial charge >= 0.3 is 0 Å². The molecule has 5 heteroatoms. The average Bonchev–Trinajstić information content (AvgIpc) is 3.15. The van der Waals surface area contributed by atoms with Crippen LogP contribution >= 0.6 is 0 Å². The van der Waals surface area contributed by atoms with Crippen molar-refractivity contribution in [2.45, 2.75) is 238 Å². The fraction of sp³-hybridized carbons (Fsp3) is 0.809. The van der Waals surface area contributed by atoms with E-state index in [1.165, 1.54) is 141 Å². The second kappa shape index (κ2) is 42.1. The zero-order chi connectivity index (χ0) is 38.0. The zero-order valence-electron chi connectivity index (χ0n) is 34.4. The number of allylic oxidation sites excluding steroid dienone is 7. The Balaban J connectivity index is 3.77. The summed E-state index contributed by atoms with van der Waals surface area (Å²) < 4.78 is 0. The third-order valence-corrected chi connectivity index (χ3v) is 10.1. The Hall–Kier alpha value is -1.69. The summed E-state index contributed by atoms with van der Waals surface area (Å²) in [6.07, 6.45) is 54.3. The highest BCUT2D eigenvalue weighted by Gasteiger charge is 2.22. The molecule has 0 spiro atoms. The molecule has 3 unspecified atom stereocenters. The standard InChI is InChI=1S/C47H87NO4/c1-3-5-7-9-11-13-15-17-19-21-22-23-24-26-27-29-31-33-35-37-39-41-45(50)44(43-49)48-47(52)46(51)42-40-38-36-34-32-30-28-25-20-18-16-14-12-10-8-6-4-2/h24,26,28,30-31,33,39,41,44-46,49-51H,3-23,25,27,29,32,34-38,40,42-43H2,1-2H3,(H,48,52)/b26-24+,30-28-,33-31+,41-39+. The number of aliphatic hydroxyl groups is 3. The molecule has 0 radical (unpaired) electrons. The summed E-state index contributed by atoms with van der Waals surface area (Å²) in [5.41, 5.74) is 0. The summed E-state index contributed by atoms with van der Waals surface area (Å²) in [6, 6.07) is -0.826. The largest absolute Gasteiger partial charge is 0.394 e. The second-order valence-electron chi connectivity index (χ2n) is 15.2. The number of nitrogens with one attached hydrogen (secondary N) is 1. The lowest BCUT2D eigenvalue weighted by atomic mass is 10.1. The Morgan fingerprint density at radius 1 is 0.462 bits per heavy atom. The maximum absolute atomic E-state index is 12.5. The predicted molar refractivity (Wildman–Crippen MR) is 227 cm³/mol. The normalized spacial score (nSPS) is 14.0. The molecule has 0 saturated carbocycles. The summed E-state index contributed by atoms with van der Waals surface area (Å²) in [4.78, 5) is 12.5. The van der Waals surface area contributed by atoms with Crippen molar-refractivity contribution in [3.8, 4) is 0 Å². The molecule has 0 aliphatic heterocycles. The van der Waals surface area contributed by atoms with Crippen LogP contribution in [0.25, 0.3) is 0 Å². The van der Waals surface area contributed by atoms with Crippen molar-refractivity contribution in [1.82, 2.24) is 5.32 Å². The number of amides is 1. The molecule has 0 heterocycles. The number of carbonyl (C=O) groups is 1. The molecule has 0 fully saturated rings. The molecule has 52 heavy (non-hydrogen) atoms. The fourth-order valence-corrected chi connectivity index (χ4v) is 6.56. The number of rotatable bonds is 40. The van der Waals surface area contributed by atoms with E-state index in [0.29, 0.717) is 6.42 Å². The zero-order valence-corrected chi connectivity index (χ0v) is 34.4. The van der Waals surface area contributed by atoms with E-state index >= 15 is 0 Å². The highest BCUT2D eigenvalue weighted by molar-refractivity contribution is 5.80. The Morgan fingerprint density at radius 3 is 1.17 bits per heavy atom. The van der Waals surface area contributed by atoms with Crippen LogP contribution in [0.15, 0.2) is 48.6 Å². The van der Waals surface area contributed by atoms with Gasteiger partial charge in [-0.2, -0.15) is 0 Å². The Bertz CT molecular complexity index is 850. The van der Waals surface area contributed by atoms with Crippen LogP contribution in [-0.2, 0) is 4.79 Å². The van der Waals surface area contributed by atoms with Gasteiger partial charge in [-0.25, -0.2) is 0 Å². The molecule has 0 rings (SSSR count). The van der Waals surface area contributed by atoms with Crippen molar-refractivity contribution in [3.05, 3.63) is 48.6 Å². The molecule has 1 amide bonds. The van der Waals surface area contributed by atoms with Gasteiger partial charge in [0.15, 0.2) is 0 Å². The number of unbranched alkanes of at least 4 members (excludes halogenated alkanes) is 26. The molecule has 0 aromatic heterocycles. The Kier molecular flexibility index (Phi) is 40.7. The van der Waals surface area contributed by atoms with E-state index in [1.54, 1.807) is 6.08 Å². The highest BCUT2D eigenvalue weighted by atomic mass is 16.3. The van der Waals surface area contributed by atoms with Crippen LogP contribution in [0.2, 0.25) is 0 Å². The Labute approximate surface area is 323 Å². The van der Waals surface area contributed by atoms with Crippen molar-refractivity contribution in [1.29, 1.82) is 0 Å². The summed E-state index contributed by atoms with van der Waals surface area (Å²) >= 11 is 0. The van der Waals surface area contributed by atoms with Crippen molar-refractivity contribution in [3.63, 3.8) is 0 Å². The minimum Gasteiger partial charge on any atom is -0.394 e. The summed E-state index contributed by atoms with van der Waals surface area (Å²) in [7, 11) is 0. The summed E-state index contributed by atoms with van der Waals surface area (Å²) in [6.45, 7) is 4.16. The van der Waals surface area contributed by atoms with Crippen LogP contribution < -0.4 is 5.32 Å². The lowest BCUT2D eigenvalue weighted by molar-refractivity contribution is -0.131. The predicted octanol–water partition coefficient (Wildman–Crippen LogP) is 12.9. The quantitative estimate of drug-likeness (QED) is 0.0373. The molecular formula is C47H87NO4. The maximum Gasteiger partial charge on any atom is 0.249 e. The first-order valence-corrected chi connectivity index (χ1v) is 22.5. The van der Waals surface area contributed by atoms with E-state index in [9.17, 15) is 20.1 Å². The van der Waals surface area contributed by atoms with Crippen LogP contribution in [-0.4, -0.2) is 46.1 Å². The molecule has 4 N–H and O–H groups in total. The third kappa shape index (κ3) is 36.7. The molecule has 304 valence electrons. The van der Waals surface area contributed by atoms with Crippen LogP contribution in [0.1, 0.15) is 219 Å². The van der Waals surface area contributed by atoms with E-state index in [1.807, 2.05) is 6.08 Å². The molecule has 0 aromatic carbocycles. The van der Waals surface area contributed by atoms with E-state index in [4.69, 9.17) is 0 Å². The van der Waals surface area contributed by atoms with E-state index in [0.717, 1.165) is 57.8 Å². The monoisotopic (exact) mass is 730 g/mol. The SMILES string of the molecule is CCCCCCCCCCC/C=C\CCCCCCC(O)C(=O)NC(CO)C(O)/C=C/CC/C=C/CC/C=C/CCCCCCCCCCCCC. The van der Waals surface area contributed by atoms with Gasteiger partial charge in [-0.1, -0.05) is 197 Å². The molecular weight excluding hydrogens is 643 g/mol. The highest BCUT2D eigenvalue weighted by Crippen LogP contribution is 2.14.